The quantitative estimate of drug-likeness (QED) is 0.200. The number of hydrogen-bond acceptors (Lipinski definition) is 7. The van der Waals surface area contributed by atoms with Crippen molar-refractivity contribution in [3.05, 3.63) is 34.9 Å². The highest BCUT2D eigenvalue weighted by Gasteiger charge is 2.25. The van der Waals surface area contributed by atoms with Crippen LogP contribution < -0.4 is 9.64 Å². The molecule has 184 valence electrons. The van der Waals surface area contributed by atoms with Crippen molar-refractivity contribution in [2.45, 2.75) is 32.4 Å². The van der Waals surface area contributed by atoms with Gasteiger partial charge in [0.1, 0.15) is 17.1 Å². The third-order valence-electron chi connectivity index (χ3n) is 5.76. The van der Waals surface area contributed by atoms with Crippen LogP contribution in [-0.2, 0) is 20.9 Å². The monoisotopic (exact) mass is 548 g/mol. The summed E-state index contributed by atoms with van der Waals surface area (Å²) in [5.74, 6) is 0.708. The number of aromatic nitrogens is 3. The Hall–Kier alpha value is -1.98. The maximum atomic E-state index is 6.09. The summed E-state index contributed by atoms with van der Waals surface area (Å²) in [7, 11) is 0.445. The Morgan fingerprint density at radius 3 is 2.62 bits per heavy atom. The molecule has 1 fully saturated rings. The van der Waals surface area contributed by atoms with Crippen LogP contribution in [0.15, 0.2) is 34.9 Å². The van der Waals surface area contributed by atoms with Crippen molar-refractivity contribution in [2.75, 3.05) is 51.7 Å². The first-order valence-corrected chi connectivity index (χ1v) is 16.1. The molecule has 3 aromatic rings. The third-order valence-corrected chi connectivity index (χ3v) is 8.26. The van der Waals surface area contributed by atoms with Crippen LogP contribution >= 0.6 is 15.9 Å². The maximum absolute atomic E-state index is 6.09. The Balaban J connectivity index is 1.73. The molecule has 0 aliphatic carbocycles. The molecular formula is C24H33BrN4O4Si. The largest absolute Gasteiger partial charge is 0.467 e. The fraction of sp³-hybridized carbons (Fsp3) is 0.500. The molecule has 1 aliphatic heterocycles. The third kappa shape index (κ3) is 5.80. The van der Waals surface area contributed by atoms with Gasteiger partial charge in [0.05, 0.1) is 24.6 Å². The van der Waals surface area contributed by atoms with Gasteiger partial charge in [-0.1, -0.05) is 31.8 Å². The second-order valence-corrected chi connectivity index (χ2v) is 15.9. The average Bonchev–Trinajstić information content (AvgIpc) is 3.11. The number of morpholine rings is 1. The summed E-state index contributed by atoms with van der Waals surface area (Å²) in [5.41, 5.74) is 3.51. The first kappa shape index (κ1) is 25.1. The van der Waals surface area contributed by atoms with Gasteiger partial charge >= 0.3 is 0 Å². The minimum atomic E-state index is -1.16. The molecule has 1 aromatic carbocycles. The Morgan fingerprint density at radius 2 is 1.88 bits per heavy atom. The highest BCUT2D eigenvalue weighted by atomic mass is 79.9. The van der Waals surface area contributed by atoms with Crippen LogP contribution in [-0.4, -0.2) is 69.7 Å². The standard InChI is InChI=1S/C24H33BrN4O4Si/c1-30-17-33-21-8-6-5-7-18(21)20-15-19-22(28-9-11-31-12-10-28)23(25)29(24(19)27-26-20)16-32-13-14-34(2,3)4/h5-8,15H,9-14,16-17H2,1-4H3. The van der Waals surface area contributed by atoms with Gasteiger partial charge in [-0.25, -0.2) is 0 Å². The van der Waals surface area contributed by atoms with E-state index in [1.54, 1.807) is 7.11 Å². The molecule has 0 atom stereocenters. The highest BCUT2D eigenvalue weighted by molar-refractivity contribution is 9.10. The van der Waals surface area contributed by atoms with E-state index in [1.165, 1.54) is 0 Å². The van der Waals surface area contributed by atoms with Crippen LogP contribution in [0.3, 0.4) is 0 Å². The second kappa shape index (κ2) is 11.2. The molecule has 1 saturated heterocycles. The van der Waals surface area contributed by atoms with E-state index in [0.29, 0.717) is 25.7 Å². The van der Waals surface area contributed by atoms with Crippen molar-refractivity contribution in [3.63, 3.8) is 0 Å². The molecule has 2 aromatic heterocycles. The van der Waals surface area contributed by atoms with Crippen molar-refractivity contribution in [2.24, 2.45) is 0 Å². The van der Waals surface area contributed by atoms with Crippen LogP contribution in [0.5, 0.6) is 5.75 Å². The van der Waals surface area contributed by atoms with Crippen LogP contribution in [0.2, 0.25) is 25.7 Å². The molecule has 0 bridgehead atoms. The minimum Gasteiger partial charge on any atom is -0.467 e. The van der Waals surface area contributed by atoms with E-state index in [1.807, 2.05) is 24.3 Å². The average molecular weight is 550 g/mol. The van der Waals surface area contributed by atoms with Gasteiger partial charge in [0.15, 0.2) is 12.4 Å². The minimum absolute atomic E-state index is 0.169. The Morgan fingerprint density at radius 1 is 1.12 bits per heavy atom. The Bertz CT molecular complexity index is 1110. The first-order valence-electron chi connectivity index (χ1n) is 11.6. The number of rotatable bonds is 10. The zero-order valence-electron chi connectivity index (χ0n) is 20.3. The fourth-order valence-electron chi connectivity index (χ4n) is 3.89. The van der Waals surface area contributed by atoms with E-state index in [-0.39, 0.29) is 6.79 Å². The summed E-state index contributed by atoms with van der Waals surface area (Å²) >= 11 is 3.85. The summed E-state index contributed by atoms with van der Waals surface area (Å²) in [6, 6.07) is 11.0. The van der Waals surface area contributed by atoms with Crippen LogP contribution in [0, 0.1) is 0 Å². The molecule has 0 amide bonds. The Kier molecular flexibility index (Phi) is 8.25. The van der Waals surface area contributed by atoms with Crippen LogP contribution in [0.4, 0.5) is 5.69 Å². The van der Waals surface area contributed by atoms with Gasteiger partial charge in [-0.05, 0) is 40.2 Å². The normalized spacial score (nSPS) is 14.7. The van der Waals surface area contributed by atoms with E-state index in [4.69, 9.17) is 18.9 Å². The molecule has 0 N–H and O–H groups in total. The zero-order valence-corrected chi connectivity index (χ0v) is 22.9. The SMILES string of the molecule is COCOc1ccccc1-c1cc2c(N3CCOCC3)c(Br)n(COCC[Si](C)(C)C)c2nn1. The summed E-state index contributed by atoms with van der Waals surface area (Å²) in [5, 5.41) is 10.2. The summed E-state index contributed by atoms with van der Waals surface area (Å²) in [4.78, 5) is 2.34. The number of halogens is 1. The topological polar surface area (TPSA) is 70.9 Å². The van der Waals surface area contributed by atoms with E-state index in [2.05, 4.69) is 61.3 Å². The number of para-hydroxylation sites is 1. The Labute approximate surface area is 210 Å². The number of benzene rings is 1. The molecule has 1 aliphatic rings. The lowest BCUT2D eigenvalue weighted by atomic mass is 10.1. The molecule has 8 nitrogen and oxygen atoms in total. The fourth-order valence-corrected chi connectivity index (χ4v) is 5.38. The lowest BCUT2D eigenvalue weighted by molar-refractivity contribution is 0.0515. The molecular weight excluding hydrogens is 516 g/mol. The van der Waals surface area contributed by atoms with Gasteiger partial charge < -0.3 is 23.8 Å². The molecule has 0 spiro atoms. The number of ether oxygens (including phenoxy) is 4. The molecule has 0 saturated carbocycles. The number of hydrogen-bond donors (Lipinski definition) is 0. The van der Waals surface area contributed by atoms with E-state index < -0.39 is 8.07 Å². The lowest BCUT2D eigenvalue weighted by Gasteiger charge is -2.28. The molecule has 4 rings (SSSR count). The number of anilines is 1. The molecule has 34 heavy (non-hydrogen) atoms. The van der Waals surface area contributed by atoms with Crippen molar-refractivity contribution in [3.8, 4) is 17.0 Å². The van der Waals surface area contributed by atoms with Crippen LogP contribution in [0.1, 0.15) is 0 Å². The predicted molar refractivity (Wildman–Crippen MR) is 140 cm³/mol. The predicted octanol–water partition coefficient (Wildman–Crippen LogP) is 4.99. The highest BCUT2D eigenvalue weighted by Crippen LogP contribution is 2.39. The van der Waals surface area contributed by atoms with Crippen molar-refractivity contribution in [1.29, 1.82) is 0 Å². The molecule has 3 heterocycles. The van der Waals surface area contributed by atoms with Gasteiger partial charge in [0.25, 0.3) is 0 Å². The van der Waals surface area contributed by atoms with Gasteiger partial charge in [-0.15, -0.1) is 10.2 Å². The molecule has 0 unspecified atom stereocenters. The van der Waals surface area contributed by atoms with E-state index in [0.717, 1.165) is 58.3 Å². The van der Waals surface area contributed by atoms with Gasteiger partial charge in [-0.3, -0.25) is 4.57 Å². The number of methoxy groups -OCH3 is 1. The van der Waals surface area contributed by atoms with Crippen LogP contribution in [0.25, 0.3) is 22.3 Å². The van der Waals surface area contributed by atoms with Crippen molar-refractivity contribution < 1.29 is 18.9 Å². The first-order chi connectivity index (χ1) is 16.4. The second-order valence-electron chi connectivity index (χ2n) is 9.53. The van der Waals surface area contributed by atoms with Gasteiger partial charge in [-0.2, -0.15) is 0 Å². The van der Waals surface area contributed by atoms with Crippen molar-refractivity contribution in [1.82, 2.24) is 14.8 Å². The summed E-state index contributed by atoms with van der Waals surface area (Å²) in [6.45, 7) is 11.4. The lowest BCUT2D eigenvalue weighted by Crippen LogP contribution is -2.36. The zero-order chi connectivity index (χ0) is 24.1. The smallest absolute Gasteiger partial charge is 0.188 e. The van der Waals surface area contributed by atoms with Gasteiger partial charge in [0, 0.05) is 45.8 Å². The summed E-state index contributed by atoms with van der Waals surface area (Å²) < 4.78 is 25.6. The molecule has 0 radical (unpaired) electrons. The van der Waals surface area contributed by atoms with E-state index in [9.17, 15) is 0 Å². The van der Waals surface area contributed by atoms with E-state index >= 15 is 0 Å². The molecule has 10 heteroatoms. The number of nitrogens with zero attached hydrogens (tertiary/aromatic N) is 4. The van der Waals surface area contributed by atoms with Gasteiger partial charge in [0.2, 0.25) is 0 Å². The number of fused-ring (bicyclic) bond motifs is 1. The maximum Gasteiger partial charge on any atom is 0.188 e. The van der Waals surface area contributed by atoms with Crippen molar-refractivity contribution >= 4 is 40.7 Å². The summed E-state index contributed by atoms with van der Waals surface area (Å²) in [6.07, 6.45) is 0.